The Bertz CT molecular complexity index is 2560. The van der Waals surface area contributed by atoms with Gasteiger partial charge in [-0.15, -0.1) is 0 Å². The highest BCUT2D eigenvalue weighted by Crippen LogP contribution is 2.40. The number of hydrogen-bond donors (Lipinski definition) is 0. The van der Waals surface area contributed by atoms with E-state index in [1.165, 1.54) is 50.1 Å². The molecule has 2 heteroatoms. The highest BCUT2D eigenvalue weighted by molar-refractivity contribution is 7.98. The number of anilines is 3. The Labute approximate surface area is 356 Å². The highest BCUT2D eigenvalue weighted by atomic mass is 32.2. The molecule has 7 aromatic rings. The van der Waals surface area contributed by atoms with Gasteiger partial charge in [0.25, 0.3) is 0 Å². The summed E-state index contributed by atoms with van der Waals surface area (Å²) in [6, 6.07) is 63.9. The lowest BCUT2D eigenvalue weighted by Crippen LogP contribution is -2.10. The predicted octanol–water partition coefficient (Wildman–Crippen LogP) is 16.5. The van der Waals surface area contributed by atoms with Gasteiger partial charge in [0.15, 0.2) is 0 Å². The molecule has 0 amide bonds. The van der Waals surface area contributed by atoms with Crippen molar-refractivity contribution < 1.29 is 0 Å². The van der Waals surface area contributed by atoms with Crippen LogP contribution in [0.5, 0.6) is 0 Å². The first-order valence-corrected chi connectivity index (χ1v) is 21.7. The molecule has 0 heterocycles. The number of rotatable bonds is 15. The molecule has 1 atom stereocenters. The Morgan fingerprint density at radius 3 is 1.73 bits per heavy atom. The van der Waals surface area contributed by atoms with Crippen LogP contribution >= 0.6 is 11.8 Å². The van der Waals surface area contributed by atoms with Gasteiger partial charge in [0.05, 0.1) is 0 Å². The van der Waals surface area contributed by atoms with Crippen molar-refractivity contribution in [3.05, 3.63) is 242 Å². The van der Waals surface area contributed by atoms with Crippen LogP contribution in [0.2, 0.25) is 0 Å². The number of thioether (sulfide) groups is 1. The third-order valence-electron chi connectivity index (χ3n) is 10.6. The molecule has 0 aliphatic rings. The van der Waals surface area contributed by atoms with Crippen molar-refractivity contribution in [1.29, 1.82) is 0 Å². The molecule has 1 nitrogen and oxygen atoms in total. The SMILES string of the molecule is C=C/C=C\C(=C/C)c1ccc(N(c2ccc(-c3ccccc3)cc2)c2ccc(-c3ccc(-c4ccccc4)c(-c4cccc(C(C)/C=C\C=C/CSC)c4)c3)cc2)cc1. The second kappa shape index (κ2) is 20.2. The molecule has 0 bridgehead atoms. The summed E-state index contributed by atoms with van der Waals surface area (Å²) in [7, 11) is 0. The van der Waals surface area contributed by atoms with Crippen molar-refractivity contribution in [2.45, 2.75) is 19.8 Å². The fraction of sp³-hybridized carbons (Fsp3) is 0.0877. The maximum atomic E-state index is 3.85. The third-order valence-corrected chi connectivity index (χ3v) is 11.1. The van der Waals surface area contributed by atoms with E-state index in [4.69, 9.17) is 0 Å². The highest BCUT2D eigenvalue weighted by Gasteiger charge is 2.16. The van der Waals surface area contributed by atoms with Crippen LogP contribution in [0.1, 0.15) is 30.9 Å². The average Bonchev–Trinajstić information content (AvgIpc) is 3.30. The van der Waals surface area contributed by atoms with Gasteiger partial charge in [-0.05, 0) is 123 Å². The topological polar surface area (TPSA) is 3.24 Å². The molecule has 0 N–H and O–H groups in total. The van der Waals surface area contributed by atoms with E-state index in [-0.39, 0.29) is 5.92 Å². The van der Waals surface area contributed by atoms with E-state index >= 15 is 0 Å². The van der Waals surface area contributed by atoms with E-state index in [0.29, 0.717) is 0 Å². The number of benzene rings is 7. The molecule has 0 saturated carbocycles. The molecule has 59 heavy (non-hydrogen) atoms. The molecule has 0 aliphatic heterocycles. The fourth-order valence-corrected chi connectivity index (χ4v) is 7.71. The van der Waals surface area contributed by atoms with Crippen LogP contribution in [0.4, 0.5) is 17.1 Å². The van der Waals surface area contributed by atoms with Gasteiger partial charge in [0.2, 0.25) is 0 Å². The number of nitrogens with zero attached hydrogens (tertiary/aromatic N) is 1. The minimum absolute atomic E-state index is 0.290. The predicted molar refractivity (Wildman–Crippen MR) is 261 cm³/mol. The summed E-state index contributed by atoms with van der Waals surface area (Å²) in [6.07, 6.45) is 19.0. The molecule has 0 aliphatic carbocycles. The molecule has 7 aromatic carbocycles. The summed E-state index contributed by atoms with van der Waals surface area (Å²) in [5.41, 5.74) is 16.5. The fourth-order valence-electron chi connectivity index (χ4n) is 7.41. The molecule has 0 spiro atoms. The number of allylic oxidation sites excluding steroid dienone is 8. The van der Waals surface area contributed by atoms with Gasteiger partial charge >= 0.3 is 0 Å². The summed E-state index contributed by atoms with van der Waals surface area (Å²) in [5, 5.41) is 0. The lowest BCUT2D eigenvalue weighted by molar-refractivity contribution is 0.968. The van der Waals surface area contributed by atoms with E-state index in [1.54, 1.807) is 0 Å². The second-order valence-electron chi connectivity index (χ2n) is 14.5. The number of hydrogen-bond acceptors (Lipinski definition) is 2. The van der Waals surface area contributed by atoms with Crippen molar-refractivity contribution in [3.8, 4) is 44.5 Å². The Hall–Kier alpha value is -6.61. The first-order chi connectivity index (χ1) is 29.1. The Morgan fingerprint density at radius 1 is 0.559 bits per heavy atom. The van der Waals surface area contributed by atoms with Crippen molar-refractivity contribution in [1.82, 2.24) is 0 Å². The van der Waals surface area contributed by atoms with Gasteiger partial charge in [-0.1, -0.05) is 196 Å². The van der Waals surface area contributed by atoms with Crippen molar-refractivity contribution >= 4 is 34.4 Å². The molecule has 0 saturated heterocycles. The molecule has 0 aromatic heterocycles. The minimum Gasteiger partial charge on any atom is -0.311 e. The Morgan fingerprint density at radius 2 is 1.12 bits per heavy atom. The van der Waals surface area contributed by atoms with Gasteiger partial charge in [-0.25, -0.2) is 0 Å². The van der Waals surface area contributed by atoms with Gasteiger partial charge in [-0.2, -0.15) is 11.8 Å². The van der Waals surface area contributed by atoms with Crippen molar-refractivity contribution in [2.24, 2.45) is 0 Å². The van der Waals surface area contributed by atoms with E-state index < -0.39 is 0 Å². The summed E-state index contributed by atoms with van der Waals surface area (Å²) >= 11 is 1.83. The monoisotopic (exact) mass is 781 g/mol. The zero-order valence-electron chi connectivity index (χ0n) is 34.2. The first kappa shape index (κ1) is 40.6. The van der Waals surface area contributed by atoms with Crippen LogP contribution in [0.3, 0.4) is 0 Å². The summed E-state index contributed by atoms with van der Waals surface area (Å²) in [4.78, 5) is 2.33. The quantitative estimate of drug-likeness (QED) is 0.0953. The van der Waals surface area contributed by atoms with Gasteiger partial charge in [0, 0.05) is 22.8 Å². The summed E-state index contributed by atoms with van der Waals surface area (Å²) < 4.78 is 0. The molecule has 1 unspecified atom stereocenters. The zero-order chi connectivity index (χ0) is 40.8. The smallest absolute Gasteiger partial charge is 0.0462 e. The molecular weight excluding hydrogens is 731 g/mol. The maximum absolute atomic E-state index is 3.85. The normalized spacial score (nSPS) is 12.4. The van der Waals surface area contributed by atoms with E-state index in [9.17, 15) is 0 Å². The van der Waals surface area contributed by atoms with Gasteiger partial charge < -0.3 is 4.90 Å². The van der Waals surface area contributed by atoms with Crippen LogP contribution < -0.4 is 4.90 Å². The van der Waals surface area contributed by atoms with E-state index in [2.05, 4.69) is 244 Å². The zero-order valence-corrected chi connectivity index (χ0v) is 35.0. The molecule has 0 radical (unpaired) electrons. The van der Waals surface area contributed by atoms with Crippen LogP contribution in [-0.4, -0.2) is 12.0 Å². The van der Waals surface area contributed by atoms with Gasteiger partial charge in [0.1, 0.15) is 0 Å². The van der Waals surface area contributed by atoms with Gasteiger partial charge in [-0.3, -0.25) is 0 Å². The van der Waals surface area contributed by atoms with Crippen LogP contribution in [0.25, 0.3) is 50.1 Å². The summed E-state index contributed by atoms with van der Waals surface area (Å²) in [5.74, 6) is 1.31. The lowest BCUT2D eigenvalue weighted by atomic mass is 9.89. The molecular formula is C57H51NS. The standard InChI is InChI=1S/C57H51NS/c1-5-7-19-44(6-2)46-26-33-53(34-27-46)58(54-35-28-47(29-36-54)45-20-12-8-13-21-45)55-37-30-48(31-38-55)51-32-39-56(49-22-14-9-15-23-49)57(42-51)52-25-17-24-50(41-52)43(3)18-11-10-16-40-59-4/h5-39,41-43H,1,40H2,2-4H3/b16-10-,18-11-,19-7-,44-6+. The molecule has 0 fully saturated rings. The average molecular weight is 782 g/mol. The van der Waals surface area contributed by atoms with Crippen LogP contribution in [-0.2, 0) is 0 Å². The maximum Gasteiger partial charge on any atom is 0.0462 e. The Kier molecular flexibility index (Phi) is 13.9. The summed E-state index contributed by atoms with van der Waals surface area (Å²) in [6.45, 7) is 8.19. The largest absolute Gasteiger partial charge is 0.311 e. The van der Waals surface area contributed by atoms with E-state index in [1.807, 2.05) is 23.9 Å². The molecule has 7 rings (SSSR count). The van der Waals surface area contributed by atoms with Crippen molar-refractivity contribution in [2.75, 3.05) is 16.9 Å². The first-order valence-electron chi connectivity index (χ1n) is 20.3. The Balaban J connectivity index is 1.25. The minimum atomic E-state index is 0.290. The van der Waals surface area contributed by atoms with Crippen LogP contribution in [0, 0.1) is 0 Å². The molecule has 290 valence electrons. The second-order valence-corrected chi connectivity index (χ2v) is 15.4. The lowest BCUT2D eigenvalue weighted by Gasteiger charge is -2.26. The van der Waals surface area contributed by atoms with Crippen molar-refractivity contribution in [3.63, 3.8) is 0 Å². The van der Waals surface area contributed by atoms with E-state index in [0.717, 1.165) is 34.0 Å². The third kappa shape index (κ3) is 10.1. The van der Waals surface area contributed by atoms with Crippen LogP contribution in [0.15, 0.2) is 231 Å².